The van der Waals surface area contributed by atoms with Crippen LogP contribution < -0.4 is 11.1 Å². The van der Waals surface area contributed by atoms with Gasteiger partial charge in [-0.05, 0) is 24.3 Å². The van der Waals surface area contributed by atoms with E-state index in [4.69, 9.17) is 22.4 Å². The molecule has 0 spiro atoms. The lowest BCUT2D eigenvalue weighted by Crippen LogP contribution is -2.41. The molecule has 0 fully saturated rings. The van der Waals surface area contributed by atoms with Crippen molar-refractivity contribution in [2.75, 3.05) is 6.52 Å². The molecule has 0 saturated heterocycles. The highest BCUT2D eigenvalue weighted by molar-refractivity contribution is 5.76. The van der Waals surface area contributed by atoms with Crippen LogP contribution in [-0.2, 0) is 20.8 Å². The minimum atomic E-state index is -1.64. The van der Waals surface area contributed by atoms with Gasteiger partial charge in [0.25, 0.3) is 0 Å². The molecule has 0 heterocycles. The molecule has 0 aliphatic heterocycles. The van der Waals surface area contributed by atoms with Crippen LogP contribution in [0.5, 0.6) is 0 Å². The standard InChI is InChI=1S/C11H13NO4.C6H13NO2/c13-10(14)7-12-9(11(15)16)6-8-4-2-1-3-5-8;1-4(2)3-5(7)6(8)9/h1-5,9,12H,6-7H2,(H,13,14)(H,15,16);4-5H,3,7H2,1-2H3,(H,8,9)/t9-;5-/m00/s1/i7D;/t7?,9-;m. The van der Waals surface area contributed by atoms with Crippen LogP contribution in [0.2, 0.25) is 0 Å². The maximum Gasteiger partial charge on any atom is 0.321 e. The van der Waals surface area contributed by atoms with Gasteiger partial charge >= 0.3 is 17.9 Å². The van der Waals surface area contributed by atoms with Gasteiger partial charge in [-0.1, -0.05) is 44.2 Å². The molecule has 0 aliphatic rings. The van der Waals surface area contributed by atoms with E-state index in [1.165, 1.54) is 0 Å². The summed E-state index contributed by atoms with van der Waals surface area (Å²) in [6.45, 7) is 2.26. The lowest BCUT2D eigenvalue weighted by atomic mass is 10.1. The van der Waals surface area contributed by atoms with Gasteiger partial charge in [-0.25, -0.2) is 0 Å². The van der Waals surface area contributed by atoms with Crippen LogP contribution in [0.3, 0.4) is 0 Å². The highest BCUT2D eigenvalue weighted by Gasteiger charge is 2.18. The number of benzene rings is 1. The summed E-state index contributed by atoms with van der Waals surface area (Å²) in [6, 6.07) is 7.06. The van der Waals surface area contributed by atoms with Gasteiger partial charge in [-0.3, -0.25) is 19.7 Å². The zero-order valence-electron chi connectivity index (χ0n) is 15.3. The molecule has 1 aromatic carbocycles. The van der Waals surface area contributed by atoms with E-state index in [9.17, 15) is 14.4 Å². The van der Waals surface area contributed by atoms with Crippen LogP contribution in [0.25, 0.3) is 0 Å². The largest absolute Gasteiger partial charge is 0.480 e. The fraction of sp³-hybridized carbons (Fsp3) is 0.471. The number of nitrogens with one attached hydrogen (secondary N) is 1. The van der Waals surface area contributed by atoms with Crippen molar-refractivity contribution in [2.24, 2.45) is 11.7 Å². The first-order valence-corrected chi connectivity index (χ1v) is 7.70. The van der Waals surface area contributed by atoms with E-state index >= 15 is 0 Å². The summed E-state index contributed by atoms with van der Waals surface area (Å²) < 4.78 is 7.14. The molecule has 1 aromatic rings. The molecular formula is C17H26N2O6. The van der Waals surface area contributed by atoms with E-state index in [1.54, 1.807) is 30.3 Å². The van der Waals surface area contributed by atoms with Gasteiger partial charge in [0, 0.05) is 0 Å². The second-order valence-electron chi connectivity index (χ2n) is 5.80. The first kappa shape index (κ1) is 20.6. The number of carboxylic acids is 3. The number of rotatable bonds is 9. The van der Waals surface area contributed by atoms with Gasteiger partial charge in [0.15, 0.2) is 0 Å². The quantitative estimate of drug-likeness (QED) is 0.436. The summed E-state index contributed by atoms with van der Waals surface area (Å²) in [5, 5.41) is 28.0. The van der Waals surface area contributed by atoms with E-state index in [0.717, 1.165) is 5.56 Å². The van der Waals surface area contributed by atoms with Gasteiger partial charge in [0.2, 0.25) is 0 Å². The number of hydrogen-bond donors (Lipinski definition) is 5. The molecule has 1 unspecified atom stereocenters. The van der Waals surface area contributed by atoms with Crippen LogP contribution in [0.15, 0.2) is 30.3 Å². The molecule has 0 amide bonds. The smallest absolute Gasteiger partial charge is 0.321 e. The number of aliphatic carboxylic acids is 3. The van der Waals surface area contributed by atoms with Crippen molar-refractivity contribution in [3.63, 3.8) is 0 Å². The third-order valence-corrected chi connectivity index (χ3v) is 3.03. The van der Waals surface area contributed by atoms with Crippen LogP contribution in [0.4, 0.5) is 0 Å². The number of carbonyl (C=O) groups is 3. The molecule has 0 radical (unpaired) electrons. The maximum absolute atomic E-state index is 10.9. The SMILES string of the molecule is CC(C)C[C@H](N)C(=O)O.[2H]C(N[C@@H](Cc1ccccc1)C(=O)O)C(=O)O. The molecule has 1 rings (SSSR count). The predicted molar refractivity (Wildman–Crippen MR) is 92.3 cm³/mol. The van der Waals surface area contributed by atoms with Gasteiger partial charge in [-0.2, -0.15) is 0 Å². The molecule has 0 bridgehead atoms. The second kappa shape index (κ2) is 12.0. The molecule has 6 N–H and O–H groups in total. The molecule has 8 nitrogen and oxygen atoms in total. The number of hydrogen-bond acceptors (Lipinski definition) is 5. The van der Waals surface area contributed by atoms with Gasteiger partial charge in [-0.15, -0.1) is 0 Å². The van der Waals surface area contributed by atoms with Gasteiger partial charge in [0.05, 0.1) is 7.89 Å². The Kier molecular flexibility index (Phi) is 9.88. The predicted octanol–water partition coefficient (Wildman–Crippen LogP) is 0.801. The second-order valence-corrected chi connectivity index (χ2v) is 5.80. The Hall–Kier alpha value is -2.45. The van der Waals surface area contributed by atoms with Gasteiger partial charge < -0.3 is 21.1 Å². The Labute approximate surface area is 148 Å². The topological polar surface area (TPSA) is 150 Å². The Morgan fingerprint density at radius 2 is 1.68 bits per heavy atom. The van der Waals surface area contributed by atoms with Crippen molar-refractivity contribution in [1.29, 1.82) is 0 Å². The van der Waals surface area contributed by atoms with E-state index in [2.05, 4.69) is 5.32 Å². The fourth-order valence-electron chi connectivity index (χ4n) is 1.85. The third-order valence-electron chi connectivity index (χ3n) is 3.03. The summed E-state index contributed by atoms with van der Waals surface area (Å²) in [5.74, 6) is -3.13. The summed E-state index contributed by atoms with van der Waals surface area (Å²) in [7, 11) is 0. The number of nitrogens with two attached hydrogens (primary N) is 1. The van der Waals surface area contributed by atoms with Gasteiger partial charge in [0.1, 0.15) is 12.1 Å². The average Bonchev–Trinajstić information content (AvgIpc) is 2.54. The highest BCUT2D eigenvalue weighted by Crippen LogP contribution is 2.03. The van der Waals surface area contributed by atoms with E-state index in [1.807, 2.05) is 13.8 Å². The van der Waals surface area contributed by atoms with E-state index < -0.39 is 36.5 Å². The fourth-order valence-corrected chi connectivity index (χ4v) is 1.85. The molecule has 0 aliphatic carbocycles. The summed E-state index contributed by atoms with van der Waals surface area (Å²) >= 11 is 0. The molecule has 8 heteroatoms. The average molecular weight is 355 g/mol. The normalized spacial score (nSPS) is 14.5. The Morgan fingerprint density at radius 3 is 2.04 bits per heavy atom. The lowest BCUT2D eigenvalue weighted by Gasteiger charge is -2.12. The Balaban J connectivity index is 0.000000590. The molecule has 0 saturated carbocycles. The first-order chi connectivity index (χ1) is 12.0. The minimum Gasteiger partial charge on any atom is -0.480 e. The van der Waals surface area contributed by atoms with Crippen molar-refractivity contribution in [2.45, 2.75) is 38.8 Å². The Morgan fingerprint density at radius 1 is 1.12 bits per heavy atom. The molecule has 25 heavy (non-hydrogen) atoms. The van der Waals surface area contributed by atoms with Crippen molar-refractivity contribution >= 4 is 17.9 Å². The number of carboxylic acid groups (broad SMARTS) is 3. The van der Waals surface area contributed by atoms with Crippen LogP contribution in [0, 0.1) is 5.92 Å². The zero-order chi connectivity index (χ0) is 20.3. The van der Waals surface area contributed by atoms with Crippen LogP contribution >= 0.6 is 0 Å². The summed E-state index contributed by atoms with van der Waals surface area (Å²) in [6.07, 6.45) is 0.689. The highest BCUT2D eigenvalue weighted by atomic mass is 16.4. The zero-order valence-corrected chi connectivity index (χ0v) is 14.3. The van der Waals surface area contributed by atoms with Crippen molar-refractivity contribution in [3.05, 3.63) is 35.9 Å². The van der Waals surface area contributed by atoms with E-state index in [-0.39, 0.29) is 6.42 Å². The van der Waals surface area contributed by atoms with Crippen molar-refractivity contribution in [1.82, 2.24) is 5.32 Å². The van der Waals surface area contributed by atoms with E-state index in [0.29, 0.717) is 12.3 Å². The van der Waals surface area contributed by atoms with Crippen LogP contribution in [-0.4, -0.2) is 51.8 Å². The molecule has 0 aromatic heterocycles. The molecular weight excluding hydrogens is 328 g/mol. The van der Waals surface area contributed by atoms with Crippen LogP contribution in [0.1, 0.15) is 27.2 Å². The van der Waals surface area contributed by atoms with Crippen molar-refractivity contribution < 1.29 is 31.1 Å². The summed E-state index contributed by atoms with van der Waals surface area (Å²) in [4.78, 5) is 31.5. The maximum atomic E-state index is 10.9. The molecule has 3 atom stereocenters. The summed E-state index contributed by atoms with van der Waals surface area (Å²) in [5.41, 5.74) is 5.99. The van der Waals surface area contributed by atoms with Crippen molar-refractivity contribution in [3.8, 4) is 0 Å². The Bertz CT molecular complexity index is 582. The lowest BCUT2D eigenvalue weighted by molar-refractivity contribution is -0.141. The minimum absolute atomic E-state index is 0.138. The first-order valence-electron chi connectivity index (χ1n) is 8.28. The molecule has 140 valence electrons. The third kappa shape index (κ3) is 11.7. The monoisotopic (exact) mass is 355 g/mol.